The molecule has 0 aromatic rings. The highest BCUT2D eigenvalue weighted by Crippen LogP contribution is 2.28. The second-order valence-electron chi connectivity index (χ2n) is 5.15. The largest absolute Gasteiger partial charge is 0.481 e. The van der Waals surface area contributed by atoms with E-state index in [9.17, 15) is 9.59 Å². The molecule has 0 atom stereocenters. The first-order valence-corrected chi connectivity index (χ1v) is 6.50. The van der Waals surface area contributed by atoms with Gasteiger partial charge >= 0.3 is 12.0 Å². The molecule has 0 bridgehead atoms. The fourth-order valence-corrected chi connectivity index (χ4v) is 2.52. The number of carbonyl (C=O) groups excluding carboxylic acids is 1. The Morgan fingerprint density at radius 2 is 1.94 bits per heavy atom. The fourth-order valence-electron chi connectivity index (χ4n) is 2.52. The van der Waals surface area contributed by atoms with Gasteiger partial charge in [-0.3, -0.25) is 4.79 Å². The van der Waals surface area contributed by atoms with E-state index in [1.54, 1.807) is 9.80 Å². The van der Waals surface area contributed by atoms with Crippen molar-refractivity contribution in [2.75, 3.05) is 26.2 Å². The summed E-state index contributed by atoms with van der Waals surface area (Å²) in [7, 11) is 0. The zero-order valence-electron chi connectivity index (χ0n) is 10.4. The Labute approximate surface area is 106 Å². The zero-order chi connectivity index (χ0) is 13.1. The van der Waals surface area contributed by atoms with Gasteiger partial charge in [0.2, 0.25) is 0 Å². The molecule has 2 amide bonds. The molecule has 1 aliphatic carbocycles. The number of rotatable bonds is 5. The number of nitrogens with zero attached hydrogens (tertiary/aromatic N) is 2. The minimum atomic E-state index is -0.807. The number of hydrogen-bond donors (Lipinski definition) is 2. The Hall–Kier alpha value is -1.30. The van der Waals surface area contributed by atoms with Crippen molar-refractivity contribution in [3.05, 3.63) is 0 Å². The van der Waals surface area contributed by atoms with Gasteiger partial charge in [-0.1, -0.05) is 0 Å². The zero-order valence-corrected chi connectivity index (χ0v) is 10.4. The van der Waals surface area contributed by atoms with Crippen LogP contribution in [0.5, 0.6) is 0 Å². The van der Waals surface area contributed by atoms with Crippen LogP contribution in [0.15, 0.2) is 0 Å². The van der Waals surface area contributed by atoms with Gasteiger partial charge in [-0.2, -0.15) is 0 Å². The lowest BCUT2D eigenvalue weighted by Gasteiger charge is -2.45. The summed E-state index contributed by atoms with van der Waals surface area (Å²) in [5.74, 6) is -0.720. The van der Waals surface area contributed by atoms with Crippen LogP contribution in [-0.4, -0.2) is 64.3 Å². The summed E-state index contributed by atoms with van der Waals surface area (Å²) in [6, 6.07) is 0.221. The monoisotopic (exact) mass is 256 g/mol. The summed E-state index contributed by atoms with van der Waals surface area (Å²) in [5, 5.41) is 17.7. The molecule has 6 nitrogen and oxygen atoms in total. The number of carboxylic acids is 1. The van der Waals surface area contributed by atoms with E-state index in [0.29, 0.717) is 19.6 Å². The van der Waals surface area contributed by atoms with Crippen molar-refractivity contribution >= 4 is 12.0 Å². The molecule has 2 fully saturated rings. The summed E-state index contributed by atoms with van der Waals surface area (Å²) in [4.78, 5) is 26.1. The molecule has 0 spiro atoms. The van der Waals surface area contributed by atoms with Crippen LogP contribution < -0.4 is 0 Å². The predicted molar refractivity (Wildman–Crippen MR) is 64.1 cm³/mol. The lowest BCUT2D eigenvalue weighted by molar-refractivity contribution is -0.139. The lowest BCUT2D eigenvalue weighted by atomic mass is 9.91. The van der Waals surface area contributed by atoms with Crippen LogP contribution in [0.25, 0.3) is 0 Å². The number of likely N-dealkylation sites (tertiary alicyclic amines) is 1. The number of carboxylic acid groups (broad SMARTS) is 1. The van der Waals surface area contributed by atoms with E-state index in [1.807, 2.05) is 0 Å². The maximum absolute atomic E-state index is 12.2. The van der Waals surface area contributed by atoms with Crippen molar-refractivity contribution in [2.45, 2.75) is 31.7 Å². The third-order valence-electron chi connectivity index (χ3n) is 3.79. The summed E-state index contributed by atoms with van der Waals surface area (Å²) in [6.07, 6.45) is 3.30. The molecule has 2 aliphatic rings. The number of aliphatic hydroxyl groups is 1. The molecule has 0 unspecified atom stereocenters. The highest BCUT2D eigenvalue weighted by Gasteiger charge is 2.37. The highest BCUT2D eigenvalue weighted by atomic mass is 16.4. The Bertz CT molecular complexity index is 324. The molecular weight excluding hydrogens is 236 g/mol. The maximum atomic E-state index is 12.2. The van der Waals surface area contributed by atoms with Gasteiger partial charge < -0.3 is 20.0 Å². The van der Waals surface area contributed by atoms with Gasteiger partial charge in [-0.15, -0.1) is 0 Å². The fraction of sp³-hybridized carbons (Fsp3) is 0.833. The van der Waals surface area contributed by atoms with Crippen molar-refractivity contribution in [3.63, 3.8) is 0 Å². The van der Waals surface area contributed by atoms with Crippen molar-refractivity contribution in [2.24, 2.45) is 5.92 Å². The molecule has 1 aliphatic heterocycles. The van der Waals surface area contributed by atoms with Crippen LogP contribution in [0.1, 0.15) is 25.7 Å². The van der Waals surface area contributed by atoms with Crippen molar-refractivity contribution < 1.29 is 19.8 Å². The normalized spacial score (nSPS) is 20.2. The molecule has 6 heteroatoms. The van der Waals surface area contributed by atoms with Gasteiger partial charge in [0.25, 0.3) is 0 Å². The summed E-state index contributed by atoms with van der Waals surface area (Å²) >= 11 is 0. The molecule has 1 heterocycles. The number of hydrogen-bond acceptors (Lipinski definition) is 3. The van der Waals surface area contributed by atoms with E-state index >= 15 is 0 Å². The van der Waals surface area contributed by atoms with Crippen LogP contribution >= 0.6 is 0 Å². The van der Waals surface area contributed by atoms with Gasteiger partial charge in [0.1, 0.15) is 0 Å². The molecule has 18 heavy (non-hydrogen) atoms. The number of amides is 2. The van der Waals surface area contributed by atoms with Crippen molar-refractivity contribution in [1.82, 2.24) is 9.80 Å². The molecule has 0 aromatic heterocycles. The minimum Gasteiger partial charge on any atom is -0.481 e. The lowest BCUT2D eigenvalue weighted by Crippen LogP contribution is -2.58. The first-order chi connectivity index (χ1) is 8.61. The standard InChI is InChI=1S/C12H20N2O4/c15-5-4-14(10-2-1-3-10)12(18)13-7-9(8-13)6-11(16)17/h9-10,15H,1-8H2,(H,16,17). The number of carbonyl (C=O) groups is 2. The van der Waals surface area contributed by atoms with E-state index in [0.717, 1.165) is 19.3 Å². The average Bonchev–Trinajstić information content (AvgIpc) is 2.18. The Balaban J connectivity index is 1.81. The molecule has 1 saturated carbocycles. The first kappa shape index (κ1) is 13.1. The maximum Gasteiger partial charge on any atom is 0.320 e. The van der Waals surface area contributed by atoms with Crippen LogP contribution in [0.2, 0.25) is 0 Å². The molecule has 102 valence electrons. The third-order valence-corrected chi connectivity index (χ3v) is 3.79. The van der Waals surface area contributed by atoms with Gasteiger partial charge in [0.05, 0.1) is 13.0 Å². The highest BCUT2D eigenvalue weighted by molar-refractivity contribution is 5.76. The van der Waals surface area contributed by atoms with Crippen LogP contribution in [0.3, 0.4) is 0 Å². The molecule has 0 aromatic carbocycles. The second-order valence-corrected chi connectivity index (χ2v) is 5.15. The quantitative estimate of drug-likeness (QED) is 0.744. The average molecular weight is 256 g/mol. The Kier molecular flexibility index (Phi) is 4.06. The molecule has 2 N–H and O–H groups in total. The van der Waals surface area contributed by atoms with Crippen LogP contribution in [0.4, 0.5) is 4.79 Å². The topological polar surface area (TPSA) is 81.1 Å². The van der Waals surface area contributed by atoms with Gasteiger partial charge in [0, 0.05) is 31.6 Å². The first-order valence-electron chi connectivity index (χ1n) is 6.50. The van der Waals surface area contributed by atoms with Crippen LogP contribution in [0, 0.1) is 5.92 Å². The van der Waals surface area contributed by atoms with Gasteiger partial charge in [-0.05, 0) is 19.3 Å². The van der Waals surface area contributed by atoms with Gasteiger partial charge in [-0.25, -0.2) is 4.79 Å². The summed E-state index contributed by atoms with van der Waals surface area (Å²) in [6.45, 7) is 1.41. The second kappa shape index (κ2) is 5.56. The Morgan fingerprint density at radius 1 is 1.28 bits per heavy atom. The predicted octanol–water partition coefficient (Wildman–Crippen LogP) is 0.360. The van der Waals surface area contributed by atoms with E-state index < -0.39 is 5.97 Å². The van der Waals surface area contributed by atoms with Crippen molar-refractivity contribution in [1.29, 1.82) is 0 Å². The van der Waals surface area contributed by atoms with E-state index in [1.165, 1.54) is 0 Å². The molecule has 2 rings (SSSR count). The van der Waals surface area contributed by atoms with E-state index in [4.69, 9.17) is 10.2 Å². The molecular formula is C12H20N2O4. The van der Waals surface area contributed by atoms with E-state index in [2.05, 4.69) is 0 Å². The Morgan fingerprint density at radius 3 is 2.39 bits per heavy atom. The summed E-state index contributed by atoms with van der Waals surface area (Å²) < 4.78 is 0. The molecule has 1 saturated heterocycles. The van der Waals surface area contributed by atoms with Gasteiger partial charge in [0.15, 0.2) is 0 Å². The molecule has 0 radical (unpaired) electrons. The third kappa shape index (κ3) is 2.75. The minimum absolute atomic E-state index is 0.0192. The summed E-state index contributed by atoms with van der Waals surface area (Å²) in [5.41, 5.74) is 0. The number of urea groups is 1. The number of aliphatic carboxylic acids is 1. The SMILES string of the molecule is O=C(O)CC1CN(C(=O)N(CCO)C2CCC2)C1. The number of aliphatic hydroxyl groups excluding tert-OH is 1. The van der Waals surface area contributed by atoms with Crippen LogP contribution in [-0.2, 0) is 4.79 Å². The smallest absolute Gasteiger partial charge is 0.320 e. The van der Waals surface area contributed by atoms with Crippen molar-refractivity contribution in [3.8, 4) is 0 Å². The van der Waals surface area contributed by atoms with E-state index in [-0.39, 0.29) is 31.0 Å².